The van der Waals surface area contributed by atoms with Crippen LogP contribution in [0.25, 0.3) is 6.08 Å². The first-order valence-corrected chi connectivity index (χ1v) is 8.18. The Morgan fingerprint density at radius 1 is 1.36 bits per heavy atom. The van der Waals surface area contributed by atoms with Crippen LogP contribution in [0, 0.1) is 0 Å². The van der Waals surface area contributed by atoms with Crippen LogP contribution in [0.1, 0.15) is 25.3 Å². The average Bonchev–Trinajstić information content (AvgIpc) is 2.80. The summed E-state index contributed by atoms with van der Waals surface area (Å²) in [6, 6.07) is 9.57. The highest BCUT2D eigenvalue weighted by Gasteiger charge is 2.30. The van der Waals surface area contributed by atoms with Gasteiger partial charge in [-0.3, -0.25) is 14.5 Å². The van der Waals surface area contributed by atoms with Crippen molar-refractivity contribution in [3.8, 4) is 0 Å². The molecule has 6 heteroatoms. The molecule has 0 fully saturated rings. The second-order valence-corrected chi connectivity index (χ2v) is 5.84. The van der Waals surface area contributed by atoms with Crippen molar-refractivity contribution in [3.05, 3.63) is 41.6 Å². The maximum absolute atomic E-state index is 12.5. The van der Waals surface area contributed by atoms with Crippen molar-refractivity contribution in [2.45, 2.75) is 19.8 Å². The largest absolute Gasteiger partial charge is 0.369 e. The molecule has 0 saturated heterocycles. The summed E-state index contributed by atoms with van der Waals surface area (Å²) in [6.45, 7) is 2.67. The predicted octanol–water partition coefficient (Wildman–Crippen LogP) is 2.24. The first-order valence-electron chi connectivity index (χ1n) is 7.20. The Hall–Kier alpha value is -2.08. The molecule has 0 bridgehead atoms. The highest BCUT2D eigenvalue weighted by atomic mass is 32.2. The Bertz CT molecular complexity index is 611. The fourth-order valence-corrected chi connectivity index (χ4v) is 2.76. The first-order chi connectivity index (χ1) is 10.6. The van der Waals surface area contributed by atoms with Crippen LogP contribution in [0.3, 0.4) is 0 Å². The number of hydrogen-bond acceptors (Lipinski definition) is 4. The number of rotatable bonds is 6. The van der Waals surface area contributed by atoms with Gasteiger partial charge in [0.1, 0.15) is 5.70 Å². The molecule has 0 atom stereocenters. The number of amides is 2. The van der Waals surface area contributed by atoms with E-state index in [1.54, 1.807) is 11.0 Å². The zero-order valence-corrected chi connectivity index (χ0v) is 13.3. The lowest BCUT2D eigenvalue weighted by Gasteiger charge is -2.16. The van der Waals surface area contributed by atoms with E-state index < -0.39 is 5.91 Å². The van der Waals surface area contributed by atoms with Gasteiger partial charge in [0.2, 0.25) is 5.91 Å². The number of benzene rings is 1. The molecular formula is C16H19N3O2S. The van der Waals surface area contributed by atoms with Gasteiger partial charge in [-0.1, -0.05) is 55.4 Å². The predicted molar refractivity (Wildman–Crippen MR) is 90.1 cm³/mol. The minimum absolute atomic E-state index is 0.118. The van der Waals surface area contributed by atoms with Gasteiger partial charge in [-0.15, -0.1) is 0 Å². The minimum atomic E-state index is -0.420. The van der Waals surface area contributed by atoms with E-state index in [0.717, 1.165) is 18.4 Å². The molecule has 2 rings (SSSR count). The van der Waals surface area contributed by atoms with E-state index >= 15 is 0 Å². The Morgan fingerprint density at radius 2 is 2.09 bits per heavy atom. The fraction of sp³-hybridized carbons (Fsp3) is 0.312. The second-order valence-electron chi connectivity index (χ2n) is 4.90. The molecule has 1 heterocycles. The van der Waals surface area contributed by atoms with Crippen LogP contribution in [-0.4, -0.2) is 34.2 Å². The molecule has 22 heavy (non-hydrogen) atoms. The summed E-state index contributed by atoms with van der Waals surface area (Å²) in [4.78, 5) is 29.5. The van der Waals surface area contributed by atoms with Crippen molar-refractivity contribution in [3.63, 3.8) is 0 Å². The molecule has 0 aromatic heterocycles. The number of amidine groups is 1. The maximum atomic E-state index is 12.5. The summed E-state index contributed by atoms with van der Waals surface area (Å²) in [5.74, 6) is -0.423. The van der Waals surface area contributed by atoms with Crippen molar-refractivity contribution in [1.29, 1.82) is 0 Å². The maximum Gasteiger partial charge on any atom is 0.278 e. The van der Waals surface area contributed by atoms with Crippen LogP contribution in [-0.2, 0) is 9.59 Å². The van der Waals surface area contributed by atoms with Crippen molar-refractivity contribution >= 4 is 34.8 Å². The fourth-order valence-electron chi connectivity index (χ4n) is 2.00. The molecule has 5 nitrogen and oxygen atoms in total. The van der Waals surface area contributed by atoms with E-state index in [2.05, 4.69) is 11.9 Å². The van der Waals surface area contributed by atoms with E-state index in [-0.39, 0.29) is 11.7 Å². The van der Waals surface area contributed by atoms with Crippen LogP contribution < -0.4 is 5.73 Å². The van der Waals surface area contributed by atoms with E-state index in [1.807, 2.05) is 30.3 Å². The number of carbonyl (C=O) groups is 2. The molecule has 0 unspecified atom stereocenters. The molecule has 1 aromatic carbocycles. The Kier molecular flexibility index (Phi) is 5.77. The van der Waals surface area contributed by atoms with Crippen LogP contribution in [0.2, 0.25) is 0 Å². The topological polar surface area (TPSA) is 75.8 Å². The van der Waals surface area contributed by atoms with E-state index in [4.69, 9.17) is 5.73 Å². The zero-order chi connectivity index (χ0) is 15.9. The summed E-state index contributed by atoms with van der Waals surface area (Å²) in [5.41, 5.74) is 6.50. The average molecular weight is 317 g/mol. The van der Waals surface area contributed by atoms with Gasteiger partial charge < -0.3 is 5.73 Å². The van der Waals surface area contributed by atoms with Gasteiger partial charge in [0, 0.05) is 6.54 Å². The molecule has 0 aliphatic carbocycles. The zero-order valence-electron chi connectivity index (χ0n) is 12.5. The number of nitrogens with zero attached hydrogens (tertiary/aromatic N) is 2. The Morgan fingerprint density at radius 3 is 2.73 bits per heavy atom. The number of carbonyl (C=O) groups excluding carboxylic acids is 2. The molecule has 0 saturated carbocycles. The molecule has 1 aliphatic rings. The molecule has 2 amide bonds. The summed E-state index contributed by atoms with van der Waals surface area (Å²) >= 11 is 1.21. The van der Waals surface area contributed by atoms with Gasteiger partial charge >= 0.3 is 0 Å². The molecule has 116 valence electrons. The van der Waals surface area contributed by atoms with Crippen LogP contribution >= 0.6 is 11.8 Å². The van der Waals surface area contributed by atoms with Gasteiger partial charge in [0.15, 0.2) is 5.17 Å². The van der Waals surface area contributed by atoms with Crippen molar-refractivity contribution in [2.24, 2.45) is 10.7 Å². The lowest BCUT2D eigenvalue weighted by atomic mass is 10.2. The number of thioether (sulfide) groups is 1. The summed E-state index contributed by atoms with van der Waals surface area (Å²) in [6.07, 6.45) is 3.63. The summed E-state index contributed by atoms with van der Waals surface area (Å²) in [5, 5.41) is 0.555. The quantitative estimate of drug-likeness (QED) is 0.818. The van der Waals surface area contributed by atoms with E-state index in [1.165, 1.54) is 11.8 Å². The van der Waals surface area contributed by atoms with E-state index in [0.29, 0.717) is 17.4 Å². The van der Waals surface area contributed by atoms with Crippen molar-refractivity contribution in [1.82, 2.24) is 4.90 Å². The third-order valence-corrected chi connectivity index (χ3v) is 4.09. The summed E-state index contributed by atoms with van der Waals surface area (Å²) in [7, 11) is 0. The second kappa shape index (κ2) is 7.79. The molecule has 1 aliphatic heterocycles. The van der Waals surface area contributed by atoms with Crippen molar-refractivity contribution < 1.29 is 9.59 Å². The van der Waals surface area contributed by atoms with Crippen LogP contribution in [0.15, 0.2) is 41.0 Å². The monoisotopic (exact) mass is 317 g/mol. The van der Waals surface area contributed by atoms with Gasteiger partial charge in [0.05, 0.1) is 5.75 Å². The third-order valence-electron chi connectivity index (χ3n) is 3.09. The number of hydrogen-bond donors (Lipinski definition) is 1. The Labute approximate surface area is 134 Å². The van der Waals surface area contributed by atoms with Gasteiger partial charge in [0.25, 0.3) is 5.91 Å². The number of unbranched alkanes of at least 4 members (excludes halogenated alkanes) is 1. The third kappa shape index (κ3) is 4.21. The lowest BCUT2D eigenvalue weighted by Crippen LogP contribution is -2.32. The van der Waals surface area contributed by atoms with Crippen molar-refractivity contribution in [2.75, 3.05) is 12.3 Å². The van der Waals surface area contributed by atoms with Gasteiger partial charge in [-0.25, -0.2) is 4.99 Å². The number of aliphatic imine (C=N–C) groups is 1. The standard InChI is InChI=1S/C16H19N3O2S/c1-2-3-9-19-15(21)13(10-12-7-5-4-6-8-12)18-16(19)22-11-14(17)20/h4-8,10H,2-3,9,11H2,1H3,(H2,17,20)/b13-10-. The normalized spacial score (nSPS) is 16.2. The molecule has 2 N–H and O–H groups in total. The minimum Gasteiger partial charge on any atom is -0.369 e. The lowest BCUT2D eigenvalue weighted by molar-refractivity contribution is -0.122. The van der Waals surface area contributed by atoms with Gasteiger partial charge in [-0.2, -0.15) is 0 Å². The van der Waals surface area contributed by atoms with E-state index in [9.17, 15) is 9.59 Å². The van der Waals surface area contributed by atoms with Gasteiger partial charge in [-0.05, 0) is 18.1 Å². The summed E-state index contributed by atoms with van der Waals surface area (Å²) < 4.78 is 0. The molecule has 1 aromatic rings. The first kappa shape index (κ1) is 16.3. The van der Waals surface area contributed by atoms with Crippen LogP contribution in [0.4, 0.5) is 0 Å². The molecule has 0 radical (unpaired) electrons. The number of primary amides is 1. The smallest absolute Gasteiger partial charge is 0.278 e. The SMILES string of the molecule is CCCCN1C(=O)/C(=C/c2ccccc2)N=C1SCC(N)=O. The highest BCUT2D eigenvalue weighted by Crippen LogP contribution is 2.24. The number of nitrogens with two attached hydrogens (primary N) is 1. The highest BCUT2D eigenvalue weighted by molar-refractivity contribution is 8.14. The van der Waals surface area contributed by atoms with Crippen LogP contribution in [0.5, 0.6) is 0 Å². The molecular weight excluding hydrogens is 298 g/mol. The Balaban J connectivity index is 2.22. The molecule has 0 spiro atoms.